The van der Waals surface area contributed by atoms with Gasteiger partial charge in [0.15, 0.2) is 0 Å². The third-order valence-electron chi connectivity index (χ3n) is 2.67. The van der Waals surface area contributed by atoms with Gasteiger partial charge in [-0.3, -0.25) is 0 Å². The summed E-state index contributed by atoms with van der Waals surface area (Å²) < 4.78 is 2.44. The van der Waals surface area contributed by atoms with Crippen molar-refractivity contribution in [3.8, 4) is 0 Å². The Morgan fingerprint density at radius 2 is 1.58 bits per heavy atom. The fraction of sp³-hybridized carbons (Fsp3) is 0.455. The topological polar surface area (TPSA) is 4.93 Å². The first-order chi connectivity index (χ1) is 5.79. The molecule has 0 atom stereocenters. The molecule has 1 nitrogen and oxygen atoms in total. The Hall–Kier alpha value is -0.980. The highest BCUT2D eigenvalue weighted by molar-refractivity contribution is 5.17. The van der Waals surface area contributed by atoms with E-state index in [0.29, 0.717) is 6.04 Å². The number of aryl methyl sites for hydroxylation is 2. The molecule has 12 heavy (non-hydrogen) atoms. The minimum atomic E-state index is 0.694. The summed E-state index contributed by atoms with van der Waals surface area (Å²) in [6.45, 7) is 4.37. The molecule has 2 rings (SSSR count). The summed E-state index contributed by atoms with van der Waals surface area (Å²) in [5.74, 6) is 0. The Labute approximate surface area is 73.7 Å². The molecule has 0 aromatic carbocycles. The maximum atomic E-state index is 2.44. The summed E-state index contributed by atoms with van der Waals surface area (Å²) in [6, 6.07) is 5.10. The molecular weight excluding hydrogens is 146 g/mol. The SMILES string of the molecule is Cc1ccc(C)n1C1CC=CC1. The summed E-state index contributed by atoms with van der Waals surface area (Å²) in [5.41, 5.74) is 2.78. The lowest BCUT2D eigenvalue weighted by atomic mass is 10.2. The molecule has 64 valence electrons. The van der Waals surface area contributed by atoms with E-state index in [4.69, 9.17) is 0 Å². The molecule has 1 heterocycles. The van der Waals surface area contributed by atoms with Crippen molar-refractivity contribution in [1.82, 2.24) is 4.57 Å². The number of hydrogen-bond acceptors (Lipinski definition) is 0. The summed E-state index contributed by atoms with van der Waals surface area (Å²) >= 11 is 0. The molecule has 0 N–H and O–H groups in total. The van der Waals surface area contributed by atoms with Gasteiger partial charge in [0.05, 0.1) is 0 Å². The van der Waals surface area contributed by atoms with Crippen LogP contribution in [0, 0.1) is 13.8 Å². The van der Waals surface area contributed by atoms with Gasteiger partial charge in [-0.2, -0.15) is 0 Å². The Balaban J connectivity index is 2.32. The van der Waals surface area contributed by atoms with Crippen molar-refractivity contribution < 1.29 is 0 Å². The number of hydrogen-bond donors (Lipinski definition) is 0. The van der Waals surface area contributed by atoms with Crippen LogP contribution >= 0.6 is 0 Å². The van der Waals surface area contributed by atoms with Gasteiger partial charge >= 0.3 is 0 Å². The van der Waals surface area contributed by atoms with E-state index < -0.39 is 0 Å². The molecule has 1 aromatic heterocycles. The van der Waals surface area contributed by atoms with Crippen LogP contribution in [-0.2, 0) is 0 Å². The van der Waals surface area contributed by atoms with E-state index in [1.165, 1.54) is 24.2 Å². The zero-order valence-electron chi connectivity index (χ0n) is 7.75. The zero-order chi connectivity index (χ0) is 8.55. The van der Waals surface area contributed by atoms with Crippen molar-refractivity contribution in [2.45, 2.75) is 32.7 Å². The third kappa shape index (κ3) is 1.09. The fourth-order valence-electron chi connectivity index (χ4n) is 2.07. The molecule has 1 aliphatic carbocycles. The molecule has 0 saturated carbocycles. The van der Waals surface area contributed by atoms with Crippen LogP contribution in [0.3, 0.4) is 0 Å². The molecule has 0 saturated heterocycles. The van der Waals surface area contributed by atoms with Gasteiger partial charge in [-0.05, 0) is 38.8 Å². The average molecular weight is 161 g/mol. The van der Waals surface area contributed by atoms with Gasteiger partial charge in [-0.15, -0.1) is 0 Å². The Kier molecular flexibility index (Phi) is 1.80. The quantitative estimate of drug-likeness (QED) is 0.558. The van der Waals surface area contributed by atoms with Crippen LogP contribution < -0.4 is 0 Å². The van der Waals surface area contributed by atoms with Crippen LogP contribution in [0.2, 0.25) is 0 Å². The van der Waals surface area contributed by atoms with Gasteiger partial charge < -0.3 is 4.57 Å². The predicted octanol–water partition coefficient (Wildman–Crippen LogP) is 3.00. The van der Waals surface area contributed by atoms with Crippen molar-refractivity contribution in [2.24, 2.45) is 0 Å². The van der Waals surface area contributed by atoms with Crippen LogP contribution in [-0.4, -0.2) is 4.57 Å². The van der Waals surface area contributed by atoms with Crippen LogP contribution in [0.15, 0.2) is 24.3 Å². The Bertz CT molecular complexity index is 279. The molecule has 1 aliphatic rings. The Morgan fingerprint density at radius 3 is 2.08 bits per heavy atom. The zero-order valence-corrected chi connectivity index (χ0v) is 7.75. The van der Waals surface area contributed by atoms with E-state index in [1.54, 1.807) is 0 Å². The summed E-state index contributed by atoms with van der Waals surface area (Å²) in [5, 5.41) is 0. The normalized spacial score (nSPS) is 17.5. The minimum Gasteiger partial charge on any atom is -0.346 e. The van der Waals surface area contributed by atoms with Gasteiger partial charge in [0, 0.05) is 17.4 Å². The predicted molar refractivity (Wildman–Crippen MR) is 51.3 cm³/mol. The van der Waals surface area contributed by atoms with Crippen molar-refractivity contribution in [1.29, 1.82) is 0 Å². The lowest BCUT2D eigenvalue weighted by Gasteiger charge is -2.16. The first kappa shape index (κ1) is 7.66. The molecular formula is C11H15N. The van der Waals surface area contributed by atoms with E-state index in [0.717, 1.165) is 0 Å². The maximum Gasteiger partial charge on any atom is 0.0404 e. The highest BCUT2D eigenvalue weighted by Crippen LogP contribution is 2.26. The fourth-order valence-corrected chi connectivity index (χ4v) is 2.07. The van der Waals surface area contributed by atoms with Gasteiger partial charge in [0.25, 0.3) is 0 Å². The summed E-state index contributed by atoms with van der Waals surface area (Å²) in [6.07, 6.45) is 6.97. The molecule has 1 aromatic rings. The molecule has 0 unspecified atom stereocenters. The Morgan fingerprint density at radius 1 is 1.08 bits per heavy atom. The first-order valence-electron chi connectivity index (χ1n) is 4.58. The van der Waals surface area contributed by atoms with Gasteiger partial charge in [0.2, 0.25) is 0 Å². The molecule has 0 radical (unpaired) electrons. The number of allylic oxidation sites excluding steroid dienone is 2. The molecule has 0 bridgehead atoms. The van der Waals surface area contributed by atoms with E-state index >= 15 is 0 Å². The van der Waals surface area contributed by atoms with Crippen LogP contribution in [0.4, 0.5) is 0 Å². The van der Waals surface area contributed by atoms with E-state index in [2.05, 4.69) is 42.7 Å². The van der Waals surface area contributed by atoms with Gasteiger partial charge in [-0.25, -0.2) is 0 Å². The maximum absolute atomic E-state index is 2.44. The average Bonchev–Trinajstić information content (AvgIpc) is 2.61. The van der Waals surface area contributed by atoms with Gasteiger partial charge in [0.1, 0.15) is 0 Å². The first-order valence-corrected chi connectivity index (χ1v) is 4.58. The molecule has 0 aliphatic heterocycles. The molecule has 0 fully saturated rings. The van der Waals surface area contributed by atoms with E-state index in [9.17, 15) is 0 Å². The van der Waals surface area contributed by atoms with E-state index in [1.807, 2.05) is 0 Å². The lowest BCUT2D eigenvalue weighted by Crippen LogP contribution is -2.08. The second-order valence-corrected chi connectivity index (χ2v) is 3.58. The largest absolute Gasteiger partial charge is 0.346 e. The standard InChI is InChI=1S/C11H15N/c1-9-7-8-10(2)12(9)11-5-3-4-6-11/h3-4,7-8,11H,5-6H2,1-2H3. The van der Waals surface area contributed by atoms with Gasteiger partial charge in [-0.1, -0.05) is 12.2 Å². The van der Waals surface area contributed by atoms with E-state index in [-0.39, 0.29) is 0 Å². The third-order valence-corrected chi connectivity index (χ3v) is 2.67. The molecule has 0 amide bonds. The number of rotatable bonds is 1. The second-order valence-electron chi connectivity index (χ2n) is 3.58. The van der Waals surface area contributed by atoms with Crippen molar-refractivity contribution in [3.63, 3.8) is 0 Å². The number of nitrogens with zero attached hydrogens (tertiary/aromatic N) is 1. The smallest absolute Gasteiger partial charge is 0.0404 e. The molecule has 1 heteroatoms. The molecule has 0 spiro atoms. The van der Waals surface area contributed by atoms with Crippen molar-refractivity contribution >= 4 is 0 Å². The van der Waals surface area contributed by atoms with Crippen LogP contribution in [0.25, 0.3) is 0 Å². The highest BCUT2D eigenvalue weighted by Gasteiger charge is 2.14. The van der Waals surface area contributed by atoms with Crippen LogP contribution in [0.5, 0.6) is 0 Å². The number of aromatic nitrogens is 1. The minimum absolute atomic E-state index is 0.694. The van der Waals surface area contributed by atoms with Crippen LogP contribution in [0.1, 0.15) is 30.3 Å². The lowest BCUT2D eigenvalue weighted by molar-refractivity contribution is 0.516. The monoisotopic (exact) mass is 161 g/mol. The highest BCUT2D eigenvalue weighted by atomic mass is 15.0. The second kappa shape index (κ2) is 2.81. The van der Waals surface area contributed by atoms with Crippen molar-refractivity contribution in [2.75, 3.05) is 0 Å². The summed E-state index contributed by atoms with van der Waals surface area (Å²) in [7, 11) is 0. The summed E-state index contributed by atoms with van der Waals surface area (Å²) in [4.78, 5) is 0. The van der Waals surface area contributed by atoms with Crippen molar-refractivity contribution in [3.05, 3.63) is 35.7 Å².